The fourth-order valence-electron chi connectivity index (χ4n) is 0.370. The van der Waals surface area contributed by atoms with Crippen molar-refractivity contribution >= 4 is 6.72 Å². The van der Waals surface area contributed by atoms with E-state index in [0.717, 1.165) is 0 Å². The van der Waals surface area contributed by atoms with Crippen LogP contribution in [0, 0.1) is 0 Å². The molecule has 0 rings (SSSR count). The lowest BCUT2D eigenvalue weighted by molar-refractivity contribution is -0.548. The van der Waals surface area contributed by atoms with Crippen molar-refractivity contribution in [1.29, 1.82) is 0 Å². The van der Waals surface area contributed by atoms with Crippen LogP contribution >= 0.6 is 0 Å². The van der Waals surface area contributed by atoms with Gasteiger partial charge in [0.1, 0.15) is 0 Å². The minimum absolute atomic E-state index is 0. The van der Waals surface area contributed by atoms with Crippen molar-refractivity contribution in [2.24, 2.45) is 11.5 Å². The first-order valence-electron chi connectivity index (χ1n) is 2.69. The van der Waals surface area contributed by atoms with E-state index in [1.807, 2.05) is 0 Å². The maximum atomic E-state index is 5.60. The second kappa shape index (κ2) is 3.58. The van der Waals surface area contributed by atoms with Crippen molar-refractivity contribution in [3.05, 3.63) is 12.4 Å². The normalized spacial score (nSPS) is 9.90. The number of nitrogens with two attached hydrogens (primary N) is 2. The van der Waals surface area contributed by atoms with Crippen molar-refractivity contribution in [3.63, 3.8) is 0 Å². The van der Waals surface area contributed by atoms with Crippen LogP contribution in [-0.2, 0) is 0 Å². The molecular weight excluding hydrogens is 150 g/mol. The minimum Gasteiger partial charge on any atom is -1.00 e. The Morgan fingerprint density at radius 2 is 1.80 bits per heavy atom. The lowest BCUT2D eigenvalue weighted by atomic mass is 10.2. The van der Waals surface area contributed by atoms with Crippen molar-refractivity contribution in [3.8, 4) is 0 Å². The average Bonchev–Trinajstić information content (AvgIpc) is 1.62. The van der Waals surface area contributed by atoms with Gasteiger partial charge in [0.15, 0.2) is 5.66 Å². The van der Waals surface area contributed by atoms with Gasteiger partial charge in [-0.25, -0.2) is 4.58 Å². The molecular formula is C6H14ClN3. The molecule has 0 bridgehead atoms. The van der Waals surface area contributed by atoms with Gasteiger partial charge in [-0.05, 0) is 20.4 Å². The van der Waals surface area contributed by atoms with Crippen molar-refractivity contribution in [2.45, 2.75) is 19.5 Å². The zero-order valence-electron chi connectivity index (χ0n) is 6.39. The van der Waals surface area contributed by atoms with E-state index in [-0.39, 0.29) is 12.4 Å². The molecule has 0 aromatic heterocycles. The van der Waals surface area contributed by atoms with Gasteiger partial charge in [0.25, 0.3) is 5.82 Å². The van der Waals surface area contributed by atoms with Gasteiger partial charge in [0.05, 0.1) is 6.72 Å². The van der Waals surface area contributed by atoms with Gasteiger partial charge in [-0.3, -0.25) is 11.5 Å². The van der Waals surface area contributed by atoms with Crippen LogP contribution in [0.15, 0.2) is 12.4 Å². The van der Waals surface area contributed by atoms with E-state index in [1.54, 1.807) is 13.8 Å². The zero-order chi connectivity index (χ0) is 7.65. The van der Waals surface area contributed by atoms with Gasteiger partial charge in [-0.2, -0.15) is 0 Å². The predicted molar refractivity (Wildman–Crippen MR) is 39.0 cm³/mol. The summed E-state index contributed by atoms with van der Waals surface area (Å²) in [4.78, 5) is 0. The van der Waals surface area contributed by atoms with Crippen LogP contribution < -0.4 is 23.9 Å². The van der Waals surface area contributed by atoms with E-state index in [4.69, 9.17) is 11.5 Å². The average molecular weight is 164 g/mol. The van der Waals surface area contributed by atoms with Gasteiger partial charge in [-0.15, -0.1) is 0 Å². The zero-order valence-corrected chi connectivity index (χ0v) is 7.15. The van der Waals surface area contributed by atoms with Crippen LogP contribution in [0.3, 0.4) is 0 Å². The van der Waals surface area contributed by atoms with Crippen LogP contribution in [0.25, 0.3) is 0 Å². The molecule has 3 nitrogen and oxygen atoms in total. The summed E-state index contributed by atoms with van der Waals surface area (Å²) >= 11 is 0. The highest BCUT2D eigenvalue weighted by molar-refractivity contribution is 5.17. The molecule has 0 heterocycles. The molecule has 10 heavy (non-hydrogen) atoms. The fraction of sp³-hybridized carbons (Fsp3) is 0.500. The van der Waals surface area contributed by atoms with E-state index < -0.39 is 5.66 Å². The summed E-state index contributed by atoms with van der Waals surface area (Å²) in [6.07, 6.45) is 0. The molecule has 4 N–H and O–H groups in total. The molecule has 0 radical (unpaired) electrons. The second-order valence-electron chi connectivity index (χ2n) is 2.57. The van der Waals surface area contributed by atoms with Gasteiger partial charge in [0.2, 0.25) is 0 Å². The summed E-state index contributed by atoms with van der Waals surface area (Å²) < 4.78 is 1.47. The Morgan fingerprint density at radius 1 is 1.50 bits per heavy atom. The SMILES string of the molecule is C=C(N)[N+](=C)C(C)(C)N.[Cl-]. The van der Waals surface area contributed by atoms with Gasteiger partial charge in [-0.1, -0.05) is 0 Å². The molecule has 0 unspecified atom stereocenters. The Bertz CT molecular complexity index is 146. The fourth-order valence-corrected chi connectivity index (χ4v) is 0.370. The van der Waals surface area contributed by atoms with E-state index in [1.165, 1.54) is 4.58 Å². The molecule has 0 saturated heterocycles. The van der Waals surface area contributed by atoms with E-state index in [0.29, 0.717) is 5.82 Å². The van der Waals surface area contributed by atoms with Gasteiger partial charge >= 0.3 is 0 Å². The number of hydrogen-bond donors (Lipinski definition) is 2. The molecule has 0 amide bonds. The molecule has 0 aromatic rings. The monoisotopic (exact) mass is 163 g/mol. The van der Waals surface area contributed by atoms with Crippen LogP contribution in [-0.4, -0.2) is 17.0 Å². The highest BCUT2D eigenvalue weighted by Gasteiger charge is 2.19. The summed E-state index contributed by atoms with van der Waals surface area (Å²) in [5.74, 6) is 0.377. The molecule has 0 aliphatic carbocycles. The van der Waals surface area contributed by atoms with Gasteiger partial charge < -0.3 is 12.4 Å². The summed E-state index contributed by atoms with van der Waals surface area (Å²) in [5.41, 5.74) is 10.4. The minimum atomic E-state index is -0.522. The molecule has 60 valence electrons. The molecule has 0 aliphatic heterocycles. The highest BCUT2D eigenvalue weighted by Crippen LogP contribution is 1.99. The Kier molecular flexibility index (Phi) is 4.36. The summed E-state index contributed by atoms with van der Waals surface area (Å²) in [5, 5.41) is 0. The summed E-state index contributed by atoms with van der Waals surface area (Å²) in [6.45, 7) is 10.7. The predicted octanol–water partition coefficient (Wildman–Crippen LogP) is -3.17. The number of hydrogen-bond acceptors (Lipinski definition) is 2. The van der Waals surface area contributed by atoms with Crippen LogP contribution in [0.5, 0.6) is 0 Å². The maximum absolute atomic E-state index is 5.60. The van der Waals surface area contributed by atoms with E-state index >= 15 is 0 Å². The van der Waals surface area contributed by atoms with Crippen molar-refractivity contribution in [1.82, 2.24) is 0 Å². The first-order valence-corrected chi connectivity index (χ1v) is 2.69. The quantitative estimate of drug-likeness (QED) is 0.257. The Morgan fingerprint density at radius 3 is 1.80 bits per heavy atom. The topological polar surface area (TPSA) is 55.0 Å². The van der Waals surface area contributed by atoms with Crippen molar-refractivity contribution < 1.29 is 17.0 Å². The molecule has 0 saturated carbocycles. The standard InChI is InChI=1S/C6H14N3.ClH/c1-5(7)9(4)6(2,3)8;/h1,4,7-8H2,2-3H3;1H/q+1;/p-1. The molecule has 0 atom stereocenters. The van der Waals surface area contributed by atoms with Crippen LogP contribution in [0.2, 0.25) is 0 Å². The molecule has 0 spiro atoms. The molecule has 0 aliphatic rings. The Labute approximate surface area is 67.8 Å². The van der Waals surface area contributed by atoms with Crippen LogP contribution in [0.4, 0.5) is 0 Å². The first kappa shape index (κ1) is 12.2. The lowest BCUT2D eigenvalue weighted by Crippen LogP contribution is -3.00. The number of nitrogens with zero attached hydrogens (tertiary/aromatic N) is 1. The third kappa shape index (κ3) is 3.48. The highest BCUT2D eigenvalue weighted by atomic mass is 35.5. The summed E-state index contributed by atoms with van der Waals surface area (Å²) in [7, 11) is 0. The second-order valence-corrected chi connectivity index (χ2v) is 2.57. The lowest BCUT2D eigenvalue weighted by Gasteiger charge is -2.18. The third-order valence-corrected chi connectivity index (χ3v) is 1.04. The number of halogens is 1. The largest absolute Gasteiger partial charge is 1.00 e. The Balaban J connectivity index is 0. The van der Waals surface area contributed by atoms with E-state index in [9.17, 15) is 0 Å². The Hall–Kier alpha value is -0.540. The molecule has 0 fully saturated rings. The first-order chi connectivity index (χ1) is 3.85. The van der Waals surface area contributed by atoms with Crippen LogP contribution in [0.1, 0.15) is 13.8 Å². The summed E-state index contributed by atoms with van der Waals surface area (Å²) in [6, 6.07) is 0. The van der Waals surface area contributed by atoms with Crippen molar-refractivity contribution in [2.75, 3.05) is 0 Å². The molecule has 4 heteroatoms. The van der Waals surface area contributed by atoms with Gasteiger partial charge in [0, 0.05) is 0 Å². The van der Waals surface area contributed by atoms with E-state index in [2.05, 4.69) is 13.3 Å². The smallest absolute Gasteiger partial charge is 0.265 e. The third-order valence-electron chi connectivity index (χ3n) is 1.04. The number of rotatable bonds is 2. The molecule has 0 aromatic carbocycles. The maximum Gasteiger partial charge on any atom is 0.265 e.